The van der Waals surface area contributed by atoms with E-state index in [9.17, 15) is 48.3 Å². The van der Waals surface area contributed by atoms with Gasteiger partial charge in [-0.05, 0) is 76.4 Å². The van der Waals surface area contributed by atoms with Gasteiger partial charge in [-0.2, -0.15) is 9.29 Å². The fourth-order valence-corrected chi connectivity index (χ4v) is 8.89. The number of ketones is 1. The van der Waals surface area contributed by atoms with Crippen LogP contribution in [0.25, 0.3) is 0 Å². The number of allylic oxidation sites excluding steroid dienone is 10. The first-order chi connectivity index (χ1) is 33.1. The van der Waals surface area contributed by atoms with Gasteiger partial charge in [0, 0.05) is 25.5 Å². The van der Waals surface area contributed by atoms with E-state index in [4.69, 9.17) is 29.0 Å². The summed E-state index contributed by atoms with van der Waals surface area (Å²) in [4.78, 5) is 73.6. The summed E-state index contributed by atoms with van der Waals surface area (Å²) in [6.07, 6.45) is 30.0. The van der Waals surface area contributed by atoms with Crippen molar-refractivity contribution in [3.8, 4) is 0 Å². The minimum absolute atomic E-state index is 0.0104. The Morgan fingerprint density at radius 3 is 2.01 bits per heavy atom. The number of nitrogen functional groups attached to an aromatic ring is 1. The van der Waals surface area contributed by atoms with Gasteiger partial charge in [-0.3, -0.25) is 28.0 Å². The predicted molar refractivity (Wildman–Crippen MR) is 261 cm³/mol. The summed E-state index contributed by atoms with van der Waals surface area (Å²) in [6, 6.07) is 1.24. The number of nitrogens with two attached hydrogens (primary N) is 1. The molecule has 0 amide bonds. The van der Waals surface area contributed by atoms with Gasteiger partial charge >= 0.3 is 33.3 Å². The van der Waals surface area contributed by atoms with Crippen LogP contribution in [0.4, 0.5) is 5.82 Å². The molecule has 1 saturated heterocycles. The van der Waals surface area contributed by atoms with Crippen LogP contribution in [0, 0.1) is 0 Å². The molecule has 1 aromatic rings. The van der Waals surface area contributed by atoms with E-state index in [0.717, 1.165) is 113 Å². The molecule has 1 aliphatic rings. The summed E-state index contributed by atoms with van der Waals surface area (Å²) in [5, 5.41) is 20.9. The lowest BCUT2D eigenvalue weighted by molar-refractivity contribution is -0.161. The molecule has 19 nitrogen and oxygen atoms in total. The third kappa shape index (κ3) is 29.2. The van der Waals surface area contributed by atoms with Crippen molar-refractivity contribution in [3.63, 3.8) is 0 Å². The van der Waals surface area contributed by atoms with Crippen molar-refractivity contribution >= 4 is 39.2 Å². The number of aliphatic hydroxyl groups excluding tert-OH is 2. The molecule has 69 heavy (non-hydrogen) atoms. The van der Waals surface area contributed by atoms with E-state index < -0.39 is 83.7 Å². The number of rotatable bonds is 39. The van der Waals surface area contributed by atoms with Crippen LogP contribution < -0.4 is 11.4 Å². The normalized spacial score (nSPS) is 19.8. The van der Waals surface area contributed by atoms with Crippen LogP contribution in [-0.4, -0.2) is 91.5 Å². The predicted octanol–water partition coefficient (Wildman–Crippen LogP) is 8.73. The zero-order chi connectivity index (χ0) is 50.8. The Morgan fingerprint density at radius 2 is 1.35 bits per heavy atom. The maximum Gasteiger partial charge on any atom is 0.481 e. The van der Waals surface area contributed by atoms with Crippen LogP contribution in [0.1, 0.15) is 155 Å². The second kappa shape index (κ2) is 36.1. The SMILES string of the molecule is CC/C=C\C/C=C\C/C=C\CCCCCCCC(=O)O[C@H](COC(=O)CCCCCCC/C=C\C=C\C(=O)CCCCC)COP(=O)(O)OP(=O)(O)OC[C@H]1O[C@@H](n2ccc(N)nc2=O)[C@H](O)[C@@H]1O. The molecule has 0 aromatic carbocycles. The Labute approximate surface area is 407 Å². The van der Waals surface area contributed by atoms with Gasteiger partial charge < -0.3 is 39.9 Å². The quantitative estimate of drug-likeness (QED) is 0.0103. The third-order valence-corrected chi connectivity index (χ3v) is 13.2. The zero-order valence-corrected chi connectivity index (χ0v) is 42.1. The van der Waals surface area contributed by atoms with Gasteiger partial charge in [-0.15, -0.1) is 0 Å². The van der Waals surface area contributed by atoms with E-state index >= 15 is 0 Å². The van der Waals surface area contributed by atoms with Gasteiger partial charge in [0.15, 0.2) is 18.1 Å². The van der Waals surface area contributed by atoms with E-state index in [1.807, 2.05) is 12.2 Å². The van der Waals surface area contributed by atoms with E-state index in [1.54, 1.807) is 12.2 Å². The number of unbranched alkanes of at least 4 members (excludes halogenated alkanes) is 12. The first-order valence-electron chi connectivity index (χ1n) is 24.3. The molecule has 0 spiro atoms. The first kappa shape index (κ1) is 61.3. The minimum atomic E-state index is -5.44. The molecule has 0 saturated carbocycles. The average molecular weight is 1010 g/mol. The van der Waals surface area contributed by atoms with Gasteiger partial charge in [-0.25, -0.2) is 13.9 Å². The number of carbonyl (C=O) groups excluding carboxylic acids is 3. The highest BCUT2D eigenvalue weighted by atomic mass is 31.3. The molecule has 6 N–H and O–H groups in total. The summed E-state index contributed by atoms with van der Waals surface area (Å²) >= 11 is 0. The number of carbonyl (C=O) groups is 3. The number of phosphoric acid groups is 2. The standard InChI is InChI=1S/C48H77N3O16P2/c1-3-5-7-8-9-10-11-12-13-14-15-18-22-25-29-33-44(54)65-40(36-62-43(53)32-28-24-21-19-16-17-20-23-27-31-39(52)30-26-6-4-2)37-63-68(58,59)67-69(60,61)64-38-41-45(55)46(56)47(66-41)51-35-34-42(49)50-48(51)57/h5,7,9-10,12-13,20,23,27,31,34-35,40-41,45-47,55-56H,3-4,6,8,11,14-19,21-22,24-26,28-30,32-33,36-38H2,1-2H3,(H,58,59)(H,60,61)(H2,49,50,57)/b7-5-,10-9-,13-12-,23-20-,31-27+/t40-,41-,45-,46-,47-/m1/s1. The Balaban J connectivity index is 1.84. The molecule has 2 rings (SSSR count). The molecular weight excluding hydrogens is 936 g/mol. The zero-order valence-electron chi connectivity index (χ0n) is 40.3. The van der Waals surface area contributed by atoms with Crippen molar-refractivity contribution in [2.75, 3.05) is 25.6 Å². The molecule has 0 radical (unpaired) electrons. The van der Waals surface area contributed by atoms with Crippen LogP contribution in [0.2, 0.25) is 0 Å². The van der Waals surface area contributed by atoms with Crippen molar-refractivity contribution in [1.82, 2.24) is 9.55 Å². The Kier molecular flexibility index (Phi) is 32.1. The minimum Gasteiger partial charge on any atom is -0.462 e. The Morgan fingerprint density at radius 1 is 0.754 bits per heavy atom. The van der Waals surface area contributed by atoms with Crippen LogP contribution in [0.15, 0.2) is 77.8 Å². The molecule has 2 heterocycles. The number of nitrogens with zero attached hydrogens (tertiary/aromatic N) is 2. The highest BCUT2D eigenvalue weighted by Crippen LogP contribution is 2.60. The maximum atomic E-state index is 12.8. The van der Waals surface area contributed by atoms with Gasteiger partial charge in [0.05, 0.1) is 13.2 Å². The average Bonchev–Trinajstić information content (AvgIpc) is 3.58. The number of hydrogen-bond acceptors (Lipinski definition) is 16. The topological polar surface area (TPSA) is 283 Å². The number of anilines is 1. The molecule has 21 heteroatoms. The summed E-state index contributed by atoms with van der Waals surface area (Å²) in [7, 11) is -10.9. The van der Waals surface area contributed by atoms with Gasteiger partial charge in [0.1, 0.15) is 30.7 Å². The molecule has 0 aliphatic carbocycles. The largest absolute Gasteiger partial charge is 0.481 e. The lowest BCUT2D eigenvalue weighted by Crippen LogP contribution is -2.36. The van der Waals surface area contributed by atoms with Crippen molar-refractivity contribution in [3.05, 3.63) is 83.5 Å². The number of hydrogen-bond donors (Lipinski definition) is 5. The van der Waals surface area contributed by atoms with Gasteiger partial charge in [-0.1, -0.05) is 120 Å². The summed E-state index contributed by atoms with van der Waals surface area (Å²) < 4.78 is 56.6. The molecule has 7 atom stereocenters. The lowest BCUT2D eigenvalue weighted by Gasteiger charge is -2.21. The van der Waals surface area contributed by atoms with Crippen molar-refractivity contribution < 1.29 is 71.1 Å². The van der Waals surface area contributed by atoms with Crippen LogP contribution in [-0.2, 0) is 51.1 Å². The van der Waals surface area contributed by atoms with E-state index in [-0.39, 0.29) is 24.4 Å². The van der Waals surface area contributed by atoms with E-state index in [1.165, 1.54) is 6.07 Å². The number of aliphatic hydroxyl groups is 2. The highest BCUT2D eigenvalue weighted by Gasteiger charge is 2.46. The van der Waals surface area contributed by atoms with E-state index in [0.29, 0.717) is 19.3 Å². The van der Waals surface area contributed by atoms with Crippen LogP contribution in [0.3, 0.4) is 0 Å². The highest BCUT2D eigenvalue weighted by molar-refractivity contribution is 7.61. The number of phosphoric ester groups is 2. The van der Waals surface area contributed by atoms with E-state index in [2.05, 4.69) is 59.6 Å². The summed E-state index contributed by atoms with van der Waals surface area (Å²) in [5.41, 5.74) is 4.57. The van der Waals surface area contributed by atoms with Crippen molar-refractivity contribution in [2.45, 2.75) is 179 Å². The lowest BCUT2D eigenvalue weighted by atomic mass is 10.1. The molecule has 390 valence electrons. The number of aromatic nitrogens is 2. The third-order valence-electron chi connectivity index (χ3n) is 10.6. The second-order valence-corrected chi connectivity index (χ2v) is 19.7. The maximum absolute atomic E-state index is 12.8. The number of esters is 2. The smallest absolute Gasteiger partial charge is 0.462 e. The fraction of sp³-hybridized carbons (Fsp3) is 0.646. The first-order valence-corrected chi connectivity index (χ1v) is 27.2. The molecule has 2 unspecified atom stereocenters. The van der Waals surface area contributed by atoms with Crippen molar-refractivity contribution in [2.24, 2.45) is 0 Å². The van der Waals surface area contributed by atoms with Gasteiger partial charge in [0.2, 0.25) is 0 Å². The molecule has 1 aromatic heterocycles. The van der Waals surface area contributed by atoms with Gasteiger partial charge in [0.25, 0.3) is 0 Å². The summed E-state index contributed by atoms with van der Waals surface area (Å²) in [6.45, 7) is 1.82. The van der Waals surface area contributed by atoms with Crippen LogP contribution in [0.5, 0.6) is 0 Å². The number of ether oxygens (including phenoxy) is 3. The second-order valence-electron chi connectivity index (χ2n) is 16.6. The molecule has 1 fully saturated rings. The monoisotopic (exact) mass is 1010 g/mol. The molecular formula is C48H77N3O16P2. The molecule has 1 aliphatic heterocycles. The Bertz CT molecular complexity index is 1950. The molecule has 0 bridgehead atoms. The fourth-order valence-electron chi connectivity index (χ4n) is 6.78. The van der Waals surface area contributed by atoms with Crippen molar-refractivity contribution in [1.29, 1.82) is 0 Å². The van der Waals surface area contributed by atoms with Crippen LogP contribution >= 0.6 is 15.6 Å². The summed E-state index contributed by atoms with van der Waals surface area (Å²) in [5.74, 6) is -1.26. The Hall–Kier alpha value is -3.87.